The van der Waals surface area contributed by atoms with Gasteiger partial charge < -0.3 is 4.74 Å². The van der Waals surface area contributed by atoms with E-state index in [-0.39, 0.29) is 26.0 Å². The summed E-state index contributed by atoms with van der Waals surface area (Å²) in [6, 6.07) is 14.5. The van der Waals surface area contributed by atoms with Crippen LogP contribution in [0, 0.1) is 11.8 Å². The number of hydrogen-bond acceptors (Lipinski definition) is 4. The fourth-order valence-corrected chi connectivity index (χ4v) is 4.65. The van der Waals surface area contributed by atoms with E-state index in [2.05, 4.69) is 44.2 Å². The number of hydrogen-bond donors (Lipinski definition) is 0. The number of carbonyl (C=O) groups excluding carboxylic acids is 1. The standard InChI is InChI=1S/C20H25O3PS/c1-4-23-20(21)18(11-14(2)3)19(24-22)13-25-17-10-9-15-7-5-6-8-16(15)12-17/h5-10,12,14,18-19H,4,11,13H2,1-3H3. The molecule has 0 saturated heterocycles. The SMILES string of the molecule is CCOC(=O)C(CC(C)C)C(CSc1ccc2ccccc2c1)P=O. The van der Waals surface area contributed by atoms with Gasteiger partial charge in [0.25, 0.3) is 0 Å². The van der Waals surface area contributed by atoms with Crippen LogP contribution in [-0.4, -0.2) is 24.0 Å². The Morgan fingerprint density at radius 2 is 1.88 bits per heavy atom. The topological polar surface area (TPSA) is 43.4 Å². The van der Waals surface area contributed by atoms with Gasteiger partial charge in [-0.15, -0.1) is 11.8 Å². The van der Waals surface area contributed by atoms with Crippen LogP contribution in [0.3, 0.4) is 0 Å². The van der Waals surface area contributed by atoms with Crippen LogP contribution in [-0.2, 0) is 14.1 Å². The predicted octanol–water partition coefficient (Wildman–Crippen LogP) is 5.82. The number of thioether (sulfide) groups is 1. The summed E-state index contributed by atoms with van der Waals surface area (Å²) in [5, 5.41) is 2.39. The van der Waals surface area contributed by atoms with E-state index in [1.165, 1.54) is 10.8 Å². The highest BCUT2D eigenvalue weighted by atomic mass is 32.2. The lowest BCUT2D eigenvalue weighted by molar-refractivity contribution is -0.148. The summed E-state index contributed by atoms with van der Waals surface area (Å²) in [6.07, 6.45) is 0.691. The molecule has 0 radical (unpaired) electrons. The van der Waals surface area contributed by atoms with Crippen molar-refractivity contribution < 1.29 is 14.1 Å². The number of ether oxygens (including phenoxy) is 1. The number of esters is 1. The lowest BCUT2D eigenvalue weighted by Crippen LogP contribution is -2.29. The van der Waals surface area contributed by atoms with Crippen LogP contribution in [0.1, 0.15) is 27.2 Å². The second-order valence-electron chi connectivity index (χ2n) is 6.48. The van der Waals surface area contributed by atoms with E-state index in [4.69, 9.17) is 4.74 Å². The monoisotopic (exact) mass is 376 g/mol. The summed E-state index contributed by atoms with van der Waals surface area (Å²) in [4.78, 5) is 13.4. The van der Waals surface area contributed by atoms with Gasteiger partial charge in [-0.1, -0.05) is 44.2 Å². The van der Waals surface area contributed by atoms with Gasteiger partial charge in [0, 0.05) is 10.6 Å². The zero-order valence-corrected chi connectivity index (χ0v) is 16.7. The molecular formula is C20H25O3PS. The molecule has 2 unspecified atom stereocenters. The Bertz CT molecular complexity index is 717. The first-order chi connectivity index (χ1) is 12.0. The van der Waals surface area contributed by atoms with E-state index in [1.54, 1.807) is 18.7 Å². The number of fused-ring (bicyclic) bond motifs is 1. The van der Waals surface area contributed by atoms with Crippen molar-refractivity contribution in [2.75, 3.05) is 12.4 Å². The molecule has 0 N–H and O–H groups in total. The Hall–Kier alpha value is -1.38. The maximum atomic E-state index is 12.3. The molecule has 0 aliphatic rings. The van der Waals surface area contributed by atoms with Gasteiger partial charge in [0.2, 0.25) is 0 Å². The third-order valence-electron chi connectivity index (χ3n) is 4.06. The van der Waals surface area contributed by atoms with E-state index in [9.17, 15) is 9.36 Å². The van der Waals surface area contributed by atoms with Gasteiger partial charge in [0.05, 0.1) is 18.2 Å². The third kappa shape index (κ3) is 5.83. The van der Waals surface area contributed by atoms with Crippen LogP contribution >= 0.6 is 20.2 Å². The highest BCUT2D eigenvalue weighted by Gasteiger charge is 2.31. The molecule has 0 aliphatic heterocycles. The summed E-state index contributed by atoms with van der Waals surface area (Å²) in [7, 11) is 0.00634. The van der Waals surface area contributed by atoms with Crippen LogP contribution in [0.4, 0.5) is 0 Å². The number of carbonyl (C=O) groups is 1. The van der Waals surface area contributed by atoms with Crippen LogP contribution in [0.15, 0.2) is 47.4 Å². The molecule has 0 aliphatic carbocycles. The van der Waals surface area contributed by atoms with E-state index in [0.717, 1.165) is 4.90 Å². The van der Waals surface area contributed by atoms with Gasteiger partial charge in [-0.2, -0.15) is 0 Å². The fraction of sp³-hybridized carbons (Fsp3) is 0.450. The van der Waals surface area contributed by atoms with Crippen molar-refractivity contribution in [1.82, 2.24) is 0 Å². The summed E-state index contributed by atoms with van der Waals surface area (Å²) < 4.78 is 17.0. The molecule has 2 atom stereocenters. The summed E-state index contributed by atoms with van der Waals surface area (Å²) in [5.41, 5.74) is -0.238. The predicted molar refractivity (Wildman–Crippen MR) is 106 cm³/mol. The number of rotatable bonds is 9. The van der Waals surface area contributed by atoms with Crippen LogP contribution < -0.4 is 0 Å². The first-order valence-electron chi connectivity index (χ1n) is 8.65. The molecular weight excluding hydrogens is 351 g/mol. The van der Waals surface area contributed by atoms with Crippen molar-refractivity contribution in [1.29, 1.82) is 0 Å². The minimum absolute atomic E-state index is 0.00634. The smallest absolute Gasteiger partial charge is 0.310 e. The normalized spacial score (nSPS) is 13.9. The summed E-state index contributed by atoms with van der Waals surface area (Å²) >= 11 is 1.64. The molecule has 0 bridgehead atoms. The van der Waals surface area contributed by atoms with Gasteiger partial charge >= 0.3 is 5.97 Å². The molecule has 2 aromatic carbocycles. The maximum absolute atomic E-state index is 12.3. The molecule has 0 aromatic heterocycles. The van der Waals surface area contributed by atoms with Gasteiger partial charge in [-0.3, -0.25) is 9.36 Å². The van der Waals surface area contributed by atoms with Gasteiger partial charge in [-0.25, -0.2) is 0 Å². The molecule has 2 rings (SSSR count). The van der Waals surface area contributed by atoms with Crippen molar-refractivity contribution in [3.05, 3.63) is 42.5 Å². The Labute approximate surface area is 155 Å². The van der Waals surface area contributed by atoms with E-state index >= 15 is 0 Å². The minimum Gasteiger partial charge on any atom is -0.466 e. The third-order valence-corrected chi connectivity index (χ3v) is 6.23. The molecule has 0 spiro atoms. The average molecular weight is 376 g/mol. The average Bonchev–Trinajstić information content (AvgIpc) is 2.61. The Morgan fingerprint density at radius 3 is 2.52 bits per heavy atom. The quantitative estimate of drug-likeness (QED) is 0.314. The Morgan fingerprint density at radius 1 is 1.16 bits per heavy atom. The Kier molecular flexibility index (Phi) is 7.92. The van der Waals surface area contributed by atoms with E-state index in [1.807, 2.05) is 12.1 Å². The van der Waals surface area contributed by atoms with Gasteiger partial charge in [0.1, 0.15) is 0 Å². The van der Waals surface area contributed by atoms with E-state index < -0.39 is 0 Å². The first-order valence-corrected chi connectivity index (χ1v) is 10.5. The second-order valence-corrected chi connectivity index (χ2v) is 8.45. The van der Waals surface area contributed by atoms with Crippen molar-refractivity contribution in [2.45, 2.75) is 37.7 Å². The summed E-state index contributed by atoms with van der Waals surface area (Å²) in [6.45, 7) is 6.30. The molecule has 0 heterocycles. The van der Waals surface area contributed by atoms with Gasteiger partial charge in [-0.05, 0) is 42.2 Å². The van der Waals surface area contributed by atoms with Crippen LogP contribution in [0.25, 0.3) is 10.8 Å². The summed E-state index contributed by atoms with van der Waals surface area (Å²) in [5.74, 6) is 0.416. The zero-order chi connectivity index (χ0) is 18.2. The van der Waals surface area contributed by atoms with Crippen molar-refractivity contribution in [2.24, 2.45) is 11.8 Å². The van der Waals surface area contributed by atoms with Crippen molar-refractivity contribution in [3.63, 3.8) is 0 Å². The molecule has 2 aromatic rings. The molecule has 0 amide bonds. The minimum atomic E-state index is -0.327. The zero-order valence-electron chi connectivity index (χ0n) is 15.0. The van der Waals surface area contributed by atoms with Crippen molar-refractivity contribution >= 4 is 37.0 Å². The first kappa shape index (κ1) is 19.9. The molecule has 134 valence electrons. The van der Waals surface area contributed by atoms with Crippen molar-refractivity contribution in [3.8, 4) is 0 Å². The van der Waals surface area contributed by atoms with E-state index in [0.29, 0.717) is 24.7 Å². The largest absolute Gasteiger partial charge is 0.466 e. The molecule has 25 heavy (non-hydrogen) atoms. The molecule has 3 nitrogen and oxygen atoms in total. The number of benzene rings is 2. The molecule has 0 saturated carbocycles. The maximum Gasteiger partial charge on any atom is 0.310 e. The lowest BCUT2D eigenvalue weighted by atomic mass is 9.94. The fourth-order valence-electron chi connectivity index (χ4n) is 2.83. The molecule has 5 heteroatoms. The molecule has 0 fully saturated rings. The highest BCUT2D eigenvalue weighted by molar-refractivity contribution is 7.99. The highest BCUT2D eigenvalue weighted by Crippen LogP contribution is 2.32. The second kappa shape index (κ2) is 9.94. The van der Waals surface area contributed by atoms with Crippen LogP contribution in [0.2, 0.25) is 0 Å². The Balaban J connectivity index is 2.09. The lowest BCUT2D eigenvalue weighted by Gasteiger charge is -2.22. The van der Waals surface area contributed by atoms with Crippen LogP contribution in [0.5, 0.6) is 0 Å². The van der Waals surface area contributed by atoms with Gasteiger partial charge in [0.15, 0.2) is 8.46 Å².